The fraction of sp³-hybridized carbons (Fsp3) is 0.667. The van der Waals surface area contributed by atoms with Crippen molar-refractivity contribution < 1.29 is 0 Å². The molecule has 12 heavy (non-hydrogen) atoms. The summed E-state index contributed by atoms with van der Waals surface area (Å²) in [4.78, 5) is 0. The van der Waals surface area contributed by atoms with Crippen LogP contribution in [0.5, 0.6) is 0 Å². The van der Waals surface area contributed by atoms with E-state index < -0.39 is 0 Å². The van der Waals surface area contributed by atoms with E-state index >= 15 is 0 Å². The first-order valence-corrected chi connectivity index (χ1v) is 5.00. The van der Waals surface area contributed by atoms with Crippen molar-refractivity contribution in [3.8, 4) is 0 Å². The van der Waals surface area contributed by atoms with Crippen LogP contribution in [0.1, 0.15) is 19.0 Å². The number of hydrogen-bond donors (Lipinski definition) is 1. The van der Waals surface area contributed by atoms with Crippen LogP contribution in [0.4, 0.5) is 0 Å². The van der Waals surface area contributed by atoms with Gasteiger partial charge in [0.05, 0.1) is 5.69 Å². The molecule has 0 aliphatic rings. The molecule has 0 radical (unpaired) electrons. The van der Waals surface area contributed by atoms with Crippen LogP contribution in [0.25, 0.3) is 0 Å². The van der Waals surface area contributed by atoms with Gasteiger partial charge in [0.1, 0.15) is 0 Å². The Hall–Kier alpha value is -0.440. The van der Waals surface area contributed by atoms with Crippen LogP contribution in [0.2, 0.25) is 0 Å². The minimum absolute atomic E-state index is 0.646. The van der Waals surface area contributed by atoms with E-state index in [1.54, 1.807) is 0 Å². The Kier molecular flexibility index (Phi) is 3.66. The predicted molar refractivity (Wildman–Crippen MR) is 54.6 cm³/mol. The van der Waals surface area contributed by atoms with Gasteiger partial charge in [-0.25, -0.2) is 0 Å². The second-order valence-electron chi connectivity index (χ2n) is 3.14. The van der Waals surface area contributed by atoms with Gasteiger partial charge in [0.2, 0.25) is 0 Å². The lowest BCUT2D eigenvalue weighted by atomic mass is 10.1. The zero-order valence-electron chi connectivity index (χ0n) is 7.70. The molecule has 3 heteroatoms. The molecular weight excluding hydrogens is 168 g/mol. The first-order valence-electron chi connectivity index (χ1n) is 4.37. The van der Waals surface area contributed by atoms with Crippen molar-refractivity contribution in [1.29, 1.82) is 0 Å². The summed E-state index contributed by atoms with van der Waals surface area (Å²) in [5, 5.41) is 4.33. The van der Waals surface area contributed by atoms with Gasteiger partial charge in [-0.3, -0.25) is 4.68 Å². The Labute approximate surface area is 79.4 Å². The Morgan fingerprint density at radius 1 is 1.67 bits per heavy atom. The van der Waals surface area contributed by atoms with Crippen molar-refractivity contribution in [2.45, 2.75) is 26.8 Å². The molecule has 0 bridgehead atoms. The van der Waals surface area contributed by atoms with Crippen LogP contribution >= 0.6 is 12.6 Å². The summed E-state index contributed by atoms with van der Waals surface area (Å²) in [7, 11) is 0. The standard InChI is InChI=1S/C9H16N2S/c1-3-9(7-12)6-11-5-4-8(2)10-11/h4-5,9,12H,3,6-7H2,1-2H3. The van der Waals surface area contributed by atoms with Crippen LogP contribution in [-0.4, -0.2) is 15.5 Å². The molecule has 68 valence electrons. The fourth-order valence-electron chi connectivity index (χ4n) is 1.15. The molecule has 0 saturated heterocycles. The highest BCUT2D eigenvalue weighted by Crippen LogP contribution is 2.07. The Bertz CT molecular complexity index is 228. The van der Waals surface area contributed by atoms with Crippen molar-refractivity contribution >= 4 is 12.6 Å². The molecule has 0 saturated carbocycles. The van der Waals surface area contributed by atoms with E-state index in [4.69, 9.17) is 0 Å². The molecule has 0 N–H and O–H groups in total. The predicted octanol–water partition coefficient (Wildman–Crippen LogP) is 2.15. The highest BCUT2D eigenvalue weighted by molar-refractivity contribution is 7.80. The number of aryl methyl sites for hydroxylation is 1. The van der Waals surface area contributed by atoms with Crippen LogP contribution in [0, 0.1) is 12.8 Å². The maximum atomic E-state index is 4.33. The lowest BCUT2D eigenvalue weighted by molar-refractivity contribution is 0.445. The summed E-state index contributed by atoms with van der Waals surface area (Å²) in [5.41, 5.74) is 1.09. The molecule has 0 aliphatic carbocycles. The summed E-state index contributed by atoms with van der Waals surface area (Å²) in [6, 6.07) is 2.03. The topological polar surface area (TPSA) is 17.8 Å². The minimum atomic E-state index is 0.646. The summed E-state index contributed by atoms with van der Waals surface area (Å²) in [5.74, 6) is 1.59. The number of nitrogens with zero attached hydrogens (tertiary/aromatic N) is 2. The van der Waals surface area contributed by atoms with Gasteiger partial charge in [0.25, 0.3) is 0 Å². The number of rotatable bonds is 4. The second kappa shape index (κ2) is 4.55. The van der Waals surface area contributed by atoms with Gasteiger partial charge >= 0.3 is 0 Å². The summed E-state index contributed by atoms with van der Waals surface area (Å²) >= 11 is 4.29. The molecule has 2 nitrogen and oxygen atoms in total. The average molecular weight is 184 g/mol. The molecule has 0 aliphatic heterocycles. The molecule has 0 aromatic carbocycles. The quantitative estimate of drug-likeness (QED) is 0.710. The van der Waals surface area contributed by atoms with E-state index in [1.165, 1.54) is 6.42 Å². The van der Waals surface area contributed by atoms with Crippen LogP contribution in [-0.2, 0) is 6.54 Å². The molecule has 0 amide bonds. The maximum absolute atomic E-state index is 4.33. The van der Waals surface area contributed by atoms with Crippen LogP contribution < -0.4 is 0 Å². The molecule has 0 spiro atoms. The lowest BCUT2D eigenvalue weighted by Crippen LogP contribution is -2.11. The molecular formula is C9H16N2S. The molecule has 1 aromatic heterocycles. The van der Waals surface area contributed by atoms with Gasteiger partial charge in [-0.15, -0.1) is 0 Å². The molecule has 1 atom stereocenters. The van der Waals surface area contributed by atoms with Crippen molar-refractivity contribution in [2.24, 2.45) is 5.92 Å². The van der Waals surface area contributed by atoms with Crippen LogP contribution in [0.15, 0.2) is 12.3 Å². The Morgan fingerprint density at radius 2 is 2.42 bits per heavy atom. The number of aromatic nitrogens is 2. The average Bonchev–Trinajstić information content (AvgIpc) is 2.47. The molecule has 0 fully saturated rings. The van der Waals surface area contributed by atoms with E-state index in [-0.39, 0.29) is 0 Å². The summed E-state index contributed by atoms with van der Waals surface area (Å²) in [6.45, 7) is 5.20. The molecule has 1 unspecified atom stereocenters. The normalized spacial score (nSPS) is 13.2. The van der Waals surface area contributed by atoms with Gasteiger partial charge in [0.15, 0.2) is 0 Å². The Morgan fingerprint density at radius 3 is 2.83 bits per heavy atom. The third kappa shape index (κ3) is 2.55. The first kappa shape index (κ1) is 9.65. The van der Waals surface area contributed by atoms with Gasteiger partial charge in [-0.05, 0) is 24.7 Å². The van der Waals surface area contributed by atoms with Gasteiger partial charge < -0.3 is 0 Å². The highest BCUT2D eigenvalue weighted by Gasteiger charge is 2.04. The Balaban J connectivity index is 2.50. The SMILES string of the molecule is CCC(CS)Cn1ccc(C)n1. The third-order valence-corrected chi connectivity index (χ3v) is 2.57. The first-order chi connectivity index (χ1) is 5.76. The summed E-state index contributed by atoms with van der Waals surface area (Å²) < 4.78 is 2.00. The van der Waals surface area contributed by atoms with Gasteiger partial charge in [0, 0.05) is 12.7 Å². The van der Waals surface area contributed by atoms with E-state index in [0.717, 1.165) is 18.0 Å². The van der Waals surface area contributed by atoms with E-state index in [1.807, 2.05) is 23.9 Å². The molecule has 1 aromatic rings. The van der Waals surface area contributed by atoms with E-state index in [0.29, 0.717) is 5.92 Å². The second-order valence-corrected chi connectivity index (χ2v) is 3.50. The van der Waals surface area contributed by atoms with Gasteiger partial charge in [-0.2, -0.15) is 17.7 Å². The van der Waals surface area contributed by atoms with Crippen molar-refractivity contribution in [2.75, 3.05) is 5.75 Å². The number of hydrogen-bond acceptors (Lipinski definition) is 2. The minimum Gasteiger partial charge on any atom is -0.272 e. The van der Waals surface area contributed by atoms with E-state index in [2.05, 4.69) is 24.7 Å². The zero-order chi connectivity index (χ0) is 8.97. The third-order valence-electron chi connectivity index (χ3n) is 2.05. The monoisotopic (exact) mass is 184 g/mol. The number of thiol groups is 1. The van der Waals surface area contributed by atoms with Crippen molar-refractivity contribution in [1.82, 2.24) is 9.78 Å². The highest BCUT2D eigenvalue weighted by atomic mass is 32.1. The zero-order valence-corrected chi connectivity index (χ0v) is 8.59. The van der Waals surface area contributed by atoms with Crippen molar-refractivity contribution in [3.63, 3.8) is 0 Å². The fourth-order valence-corrected chi connectivity index (χ4v) is 1.52. The molecule has 1 heterocycles. The van der Waals surface area contributed by atoms with Gasteiger partial charge in [-0.1, -0.05) is 13.3 Å². The smallest absolute Gasteiger partial charge is 0.0593 e. The lowest BCUT2D eigenvalue weighted by Gasteiger charge is -2.10. The maximum Gasteiger partial charge on any atom is 0.0593 e. The van der Waals surface area contributed by atoms with E-state index in [9.17, 15) is 0 Å². The summed E-state index contributed by atoms with van der Waals surface area (Å²) in [6.07, 6.45) is 3.20. The van der Waals surface area contributed by atoms with Crippen LogP contribution in [0.3, 0.4) is 0 Å². The molecule has 1 rings (SSSR count). The largest absolute Gasteiger partial charge is 0.272 e. The van der Waals surface area contributed by atoms with Crippen molar-refractivity contribution in [3.05, 3.63) is 18.0 Å².